The minimum Gasteiger partial charge on any atom is -0.361 e. The number of H-pyrrole nitrogens is 1. The van der Waals surface area contributed by atoms with E-state index in [4.69, 9.17) is 0 Å². The largest absolute Gasteiger partial charge is 0.361 e. The molecule has 2 saturated heterocycles. The average Bonchev–Trinajstić information content (AvgIpc) is 3.27. The Kier molecular flexibility index (Phi) is 7.08. The summed E-state index contributed by atoms with van der Waals surface area (Å²) >= 11 is 0. The molecule has 2 aliphatic rings. The first-order chi connectivity index (χ1) is 16.2. The van der Waals surface area contributed by atoms with E-state index >= 15 is 0 Å². The summed E-state index contributed by atoms with van der Waals surface area (Å²) in [5.41, 5.74) is 3.96. The minimum atomic E-state index is 0.350. The van der Waals surface area contributed by atoms with E-state index in [0.29, 0.717) is 18.2 Å². The number of aromatic amines is 1. The van der Waals surface area contributed by atoms with Gasteiger partial charge in [-0.2, -0.15) is 0 Å². The fraction of sp³-hybridized carbons (Fsp3) is 0.464. The number of likely N-dealkylation sites (tertiary alicyclic amines) is 1. The maximum absolute atomic E-state index is 12.9. The normalized spacial score (nSPS) is 20.4. The molecule has 0 spiro atoms. The Hall–Kier alpha value is -2.63. The van der Waals surface area contributed by atoms with Crippen molar-refractivity contribution in [1.29, 1.82) is 0 Å². The molecule has 33 heavy (non-hydrogen) atoms. The van der Waals surface area contributed by atoms with Crippen LogP contribution >= 0.6 is 0 Å². The zero-order valence-electron chi connectivity index (χ0n) is 19.6. The van der Waals surface area contributed by atoms with Crippen molar-refractivity contribution in [2.45, 2.75) is 38.8 Å². The van der Waals surface area contributed by atoms with Crippen LogP contribution < -0.4 is 0 Å². The second-order valence-electron chi connectivity index (χ2n) is 9.78. The standard InChI is InChI=1S/C28H36N4O/c33-28(32-17-15-30(16-18-32)20-23-7-2-1-3-8-23)13-12-24-9-6-14-31(21-24)22-25-19-29-27-11-5-4-10-26(25)27/h1-5,7-8,10-11,19,24,29H,6,9,12-18,20-22H2/t24-/m0/s1. The second-order valence-corrected chi connectivity index (χ2v) is 9.78. The third-order valence-corrected chi connectivity index (χ3v) is 7.41. The molecule has 0 unspecified atom stereocenters. The number of hydrogen-bond acceptors (Lipinski definition) is 3. The predicted molar refractivity (Wildman–Crippen MR) is 134 cm³/mol. The zero-order chi connectivity index (χ0) is 22.5. The number of para-hydroxylation sites is 1. The summed E-state index contributed by atoms with van der Waals surface area (Å²) in [7, 11) is 0. The van der Waals surface area contributed by atoms with E-state index in [1.807, 2.05) is 0 Å². The minimum absolute atomic E-state index is 0.350. The first-order valence-electron chi connectivity index (χ1n) is 12.6. The van der Waals surface area contributed by atoms with Crippen LogP contribution in [0.4, 0.5) is 0 Å². The molecule has 0 bridgehead atoms. The topological polar surface area (TPSA) is 42.6 Å². The number of aromatic nitrogens is 1. The molecule has 2 fully saturated rings. The summed E-state index contributed by atoms with van der Waals surface area (Å²) in [6, 6.07) is 19.2. The Labute approximate surface area is 197 Å². The van der Waals surface area contributed by atoms with Gasteiger partial charge in [0.1, 0.15) is 0 Å². The molecule has 1 amide bonds. The van der Waals surface area contributed by atoms with Gasteiger partial charge in [-0.15, -0.1) is 0 Å². The molecular weight excluding hydrogens is 408 g/mol. The quantitative estimate of drug-likeness (QED) is 0.583. The molecule has 5 heteroatoms. The molecule has 174 valence electrons. The van der Waals surface area contributed by atoms with Crippen molar-refractivity contribution >= 4 is 16.8 Å². The van der Waals surface area contributed by atoms with E-state index in [1.54, 1.807) is 0 Å². The van der Waals surface area contributed by atoms with Crippen LogP contribution in [0.5, 0.6) is 0 Å². The van der Waals surface area contributed by atoms with Crippen LogP contribution in [-0.2, 0) is 17.9 Å². The Morgan fingerprint density at radius 2 is 1.67 bits per heavy atom. The summed E-state index contributed by atoms with van der Waals surface area (Å²) in [4.78, 5) is 23.4. The lowest BCUT2D eigenvalue weighted by Crippen LogP contribution is -2.48. The number of hydrogen-bond donors (Lipinski definition) is 1. The van der Waals surface area contributed by atoms with Gasteiger partial charge in [-0.25, -0.2) is 0 Å². The fourth-order valence-electron chi connectivity index (χ4n) is 5.52. The number of carbonyl (C=O) groups excluding carboxylic acids is 1. The first kappa shape index (κ1) is 22.2. The molecule has 2 aromatic carbocycles. The highest BCUT2D eigenvalue weighted by atomic mass is 16.2. The van der Waals surface area contributed by atoms with Gasteiger partial charge >= 0.3 is 0 Å². The number of fused-ring (bicyclic) bond motifs is 1. The molecular formula is C28H36N4O. The van der Waals surface area contributed by atoms with Gasteiger partial charge in [-0.1, -0.05) is 48.5 Å². The third kappa shape index (κ3) is 5.66. The van der Waals surface area contributed by atoms with Gasteiger partial charge in [0.25, 0.3) is 0 Å². The zero-order valence-corrected chi connectivity index (χ0v) is 19.6. The summed E-state index contributed by atoms with van der Waals surface area (Å²) < 4.78 is 0. The van der Waals surface area contributed by atoms with Gasteiger partial charge in [-0.3, -0.25) is 14.6 Å². The third-order valence-electron chi connectivity index (χ3n) is 7.41. The molecule has 0 saturated carbocycles. The molecule has 1 N–H and O–H groups in total. The van der Waals surface area contributed by atoms with Crippen molar-refractivity contribution in [2.24, 2.45) is 5.92 Å². The number of rotatable bonds is 7. The van der Waals surface area contributed by atoms with Crippen LogP contribution in [0.1, 0.15) is 36.8 Å². The lowest BCUT2D eigenvalue weighted by molar-refractivity contribution is -0.133. The maximum Gasteiger partial charge on any atom is 0.222 e. The van der Waals surface area contributed by atoms with Crippen molar-refractivity contribution < 1.29 is 4.79 Å². The lowest BCUT2D eigenvalue weighted by Gasteiger charge is -2.36. The van der Waals surface area contributed by atoms with E-state index in [0.717, 1.165) is 58.8 Å². The molecule has 5 rings (SSSR count). The van der Waals surface area contributed by atoms with Crippen LogP contribution in [0.3, 0.4) is 0 Å². The Bertz CT molecular complexity index is 1040. The van der Waals surface area contributed by atoms with Crippen molar-refractivity contribution in [3.63, 3.8) is 0 Å². The Morgan fingerprint density at radius 1 is 0.879 bits per heavy atom. The van der Waals surface area contributed by atoms with Crippen molar-refractivity contribution in [1.82, 2.24) is 19.7 Å². The highest BCUT2D eigenvalue weighted by Crippen LogP contribution is 2.25. The fourth-order valence-corrected chi connectivity index (χ4v) is 5.52. The lowest BCUT2D eigenvalue weighted by atomic mass is 9.92. The van der Waals surface area contributed by atoms with E-state index in [1.165, 1.54) is 34.9 Å². The van der Waals surface area contributed by atoms with Gasteiger partial charge in [-0.05, 0) is 48.9 Å². The number of carbonyl (C=O) groups is 1. The molecule has 0 aliphatic carbocycles. The van der Waals surface area contributed by atoms with Crippen LogP contribution in [0.25, 0.3) is 10.9 Å². The second kappa shape index (κ2) is 10.5. The van der Waals surface area contributed by atoms with E-state index in [-0.39, 0.29) is 0 Å². The maximum atomic E-state index is 12.9. The van der Waals surface area contributed by atoms with Gasteiger partial charge in [0.2, 0.25) is 5.91 Å². The molecule has 3 heterocycles. The van der Waals surface area contributed by atoms with Gasteiger partial charge < -0.3 is 9.88 Å². The van der Waals surface area contributed by atoms with Crippen molar-refractivity contribution in [2.75, 3.05) is 39.3 Å². The molecule has 3 aromatic rings. The smallest absolute Gasteiger partial charge is 0.222 e. The predicted octanol–water partition coefficient (Wildman–Crippen LogP) is 4.50. The summed E-state index contributed by atoms with van der Waals surface area (Å²) in [6.07, 6.45) is 6.37. The number of benzene rings is 2. The van der Waals surface area contributed by atoms with Crippen LogP contribution in [0, 0.1) is 5.92 Å². The summed E-state index contributed by atoms with van der Waals surface area (Å²) in [6.45, 7) is 7.93. The Balaban J connectivity index is 1.06. The van der Waals surface area contributed by atoms with Crippen molar-refractivity contribution in [3.05, 3.63) is 71.9 Å². The number of nitrogens with one attached hydrogen (secondary N) is 1. The molecule has 5 nitrogen and oxygen atoms in total. The highest BCUT2D eigenvalue weighted by molar-refractivity contribution is 5.83. The van der Waals surface area contributed by atoms with Crippen molar-refractivity contribution in [3.8, 4) is 0 Å². The number of piperazine rings is 1. The number of nitrogens with zero attached hydrogens (tertiary/aromatic N) is 3. The number of piperidine rings is 1. The monoisotopic (exact) mass is 444 g/mol. The van der Waals surface area contributed by atoms with Crippen LogP contribution in [-0.4, -0.2) is 64.9 Å². The molecule has 2 aliphatic heterocycles. The van der Waals surface area contributed by atoms with E-state index in [2.05, 4.69) is 80.5 Å². The molecule has 1 atom stereocenters. The van der Waals surface area contributed by atoms with Crippen LogP contribution in [0.15, 0.2) is 60.8 Å². The number of amides is 1. The van der Waals surface area contributed by atoms with Gasteiger partial charge in [0.15, 0.2) is 0 Å². The summed E-state index contributed by atoms with van der Waals surface area (Å²) in [5, 5.41) is 1.33. The van der Waals surface area contributed by atoms with Gasteiger partial charge in [0, 0.05) is 69.3 Å². The van der Waals surface area contributed by atoms with Crippen LogP contribution in [0.2, 0.25) is 0 Å². The van der Waals surface area contributed by atoms with E-state index in [9.17, 15) is 4.79 Å². The molecule has 1 aromatic heterocycles. The summed E-state index contributed by atoms with van der Waals surface area (Å²) in [5.74, 6) is 0.982. The molecule has 0 radical (unpaired) electrons. The van der Waals surface area contributed by atoms with E-state index < -0.39 is 0 Å². The highest BCUT2D eigenvalue weighted by Gasteiger charge is 2.24. The SMILES string of the molecule is O=C(CC[C@@H]1CCCN(Cc2c[nH]c3ccccc23)C1)N1CCN(Cc2ccccc2)CC1. The first-order valence-corrected chi connectivity index (χ1v) is 12.6. The Morgan fingerprint density at radius 3 is 2.52 bits per heavy atom. The average molecular weight is 445 g/mol. The van der Waals surface area contributed by atoms with Gasteiger partial charge in [0.05, 0.1) is 0 Å².